The number of fused-ring (bicyclic) bond motifs is 2. The molecule has 0 aliphatic carbocycles. The second-order valence-corrected chi connectivity index (χ2v) is 11.2. The molecule has 2 aliphatic heterocycles. The van der Waals surface area contributed by atoms with Gasteiger partial charge in [0.15, 0.2) is 11.5 Å². The summed E-state index contributed by atoms with van der Waals surface area (Å²) in [6.45, 7) is 6.89. The van der Waals surface area contributed by atoms with Gasteiger partial charge in [-0.15, -0.1) is 0 Å². The normalized spacial score (nSPS) is 16.3. The van der Waals surface area contributed by atoms with Crippen LogP contribution in [0.5, 0.6) is 0 Å². The number of nitrogens with zero attached hydrogens (tertiary/aromatic N) is 6. The number of benzene rings is 2. The Labute approximate surface area is 256 Å². The highest BCUT2D eigenvalue weighted by Crippen LogP contribution is 2.30. The molecule has 0 spiro atoms. The summed E-state index contributed by atoms with van der Waals surface area (Å²) in [5.74, 6) is 0.792. The number of ether oxygens (including phenoxy) is 2. The molecule has 0 atom stereocenters. The first kappa shape index (κ1) is 28.0. The molecule has 2 saturated heterocycles. The fraction of sp³-hybridized carbons (Fsp3) is 0.314. The number of para-hydroxylation sites is 1. The minimum absolute atomic E-state index is 0.00341. The Morgan fingerprint density at radius 2 is 1.68 bits per heavy atom. The van der Waals surface area contributed by atoms with Crippen molar-refractivity contribution < 1.29 is 14.3 Å². The third-order valence-corrected chi connectivity index (χ3v) is 8.49. The van der Waals surface area contributed by atoms with Crippen LogP contribution in [0.15, 0.2) is 73.1 Å². The average molecular weight is 589 g/mol. The van der Waals surface area contributed by atoms with E-state index in [0.717, 1.165) is 89.7 Å². The highest BCUT2D eigenvalue weighted by molar-refractivity contribution is 5.81. The number of imidazole rings is 1. The topological polar surface area (TPSA) is 85.1 Å². The Hall–Kier alpha value is -4.76. The van der Waals surface area contributed by atoms with Gasteiger partial charge >= 0.3 is 5.97 Å². The second-order valence-electron chi connectivity index (χ2n) is 11.2. The molecule has 9 nitrogen and oxygen atoms in total. The van der Waals surface area contributed by atoms with Crippen molar-refractivity contribution in [2.24, 2.45) is 5.92 Å². The molecule has 0 bridgehead atoms. The summed E-state index contributed by atoms with van der Waals surface area (Å²) in [6, 6.07) is 20.9. The number of hydrogen-bond acceptors (Lipinski definition) is 8. The van der Waals surface area contributed by atoms with E-state index in [1.54, 1.807) is 0 Å². The zero-order valence-corrected chi connectivity index (χ0v) is 24.9. The predicted molar refractivity (Wildman–Crippen MR) is 174 cm³/mol. The molecule has 0 amide bonds. The first-order chi connectivity index (χ1) is 21.7. The van der Waals surface area contributed by atoms with Crippen molar-refractivity contribution >= 4 is 46.2 Å². The van der Waals surface area contributed by atoms with Gasteiger partial charge in [-0.3, -0.25) is 9.20 Å². The van der Waals surface area contributed by atoms with Gasteiger partial charge in [0.2, 0.25) is 0 Å². The maximum Gasteiger partial charge on any atom is 0.309 e. The number of morpholine rings is 1. The van der Waals surface area contributed by atoms with E-state index in [-0.39, 0.29) is 11.9 Å². The van der Waals surface area contributed by atoms with Crippen molar-refractivity contribution in [3.05, 3.63) is 84.4 Å². The number of carbonyl (C=O) groups is 1. The van der Waals surface area contributed by atoms with Crippen LogP contribution in [0, 0.1) is 5.92 Å². The molecular formula is C35H36N6O3. The lowest BCUT2D eigenvalue weighted by Gasteiger charge is -2.32. The second kappa shape index (κ2) is 12.5. The monoisotopic (exact) mass is 588 g/mol. The van der Waals surface area contributed by atoms with E-state index in [4.69, 9.17) is 24.4 Å². The van der Waals surface area contributed by atoms with E-state index in [1.165, 1.54) is 0 Å². The molecular weight excluding hydrogens is 552 g/mol. The quantitative estimate of drug-likeness (QED) is 0.223. The van der Waals surface area contributed by atoms with Gasteiger partial charge in [-0.05, 0) is 56.2 Å². The number of hydrogen-bond donors (Lipinski definition) is 0. The van der Waals surface area contributed by atoms with E-state index >= 15 is 0 Å². The van der Waals surface area contributed by atoms with Gasteiger partial charge in [-0.25, -0.2) is 15.0 Å². The largest absolute Gasteiger partial charge is 0.466 e. The summed E-state index contributed by atoms with van der Waals surface area (Å²) in [5, 5.41) is 1.12. The van der Waals surface area contributed by atoms with Crippen LogP contribution in [0.4, 0.5) is 11.5 Å². The minimum atomic E-state index is -0.0670. The Balaban J connectivity index is 1.17. The Morgan fingerprint density at radius 3 is 2.48 bits per heavy atom. The number of piperidine rings is 1. The molecule has 3 aromatic heterocycles. The maximum atomic E-state index is 12.2. The van der Waals surface area contributed by atoms with Crippen LogP contribution in [0.1, 0.15) is 31.2 Å². The van der Waals surface area contributed by atoms with Crippen LogP contribution >= 0.6 is 0 Å². The molecule has 7 rings (SSSR count). The number of pyridine rings is 1. The summed E-state index contributed by atoms with van der Waals surface area (Å²) in [4.78, 5) is 31.5. The van der Waals surface area contributed by atoms with Crippen molar-refractivity contribution in [1.82, 2.24) is 19.4 Å². The maximum absolute atomic E-state index is 12.2. The molecule has 9 heteroatoms. The van der Waals surface area contributed by atoms with Crippen molar-refractivity contribution in [2.45, 2.75) is 19.8 Å². The summed E-state index contributed by atoms with van der Waals surface area (Å²) in [7, 11) is 0. The van der Waals surface area contributed by atoms with Crippen molar-refractivity contribution in [2.75, 3.05) is 55.8 Å². The van der Waals surface area contributed by atoms with E-state index in [9.17, 15) is 4.79 Å². The Kier molecular flexibility index (Phi) is 7.94. The van der Waals surface area contributed by atoms with E-state index in [0.29, 0.717) is 19.8 Å². The molecule has 5 heterocycles. The Morgan fingerprint density at radius 1 is 0.909 bits per heavy atom. The number of esters is 1. The molecule has 0 saturated carbocycles. The third-order valence-electron chi connectivity index (χ3n) is 8.49. The average Bonchev–Trinajstić information content (AvgIpc) is 3.52. The lowest BCUT2D eigenvalue weighted by molar-refractivity contribution is -0.148. The zero-order valence-electron chi connectivity index (χ0n) is 24.9. The molecule has 2 aliphatic rings. The summed E-state index contributed by atoms with van der Waals surface area (Å²) < 4.78 is 13.0. The summed E-state index contributed by atoms with van der Waals surface area (Å²) in [6.07, 6.45) is 9.66. The fourth-order valence-corrected chi connectivity index (χ4v) is 6.10. The number of rotatable bonds is 7. The van der Waals surface area contributed by atoms with Crippen LogP contribution in [0.3, 0.4) is 0 Å². The lowest BCUT2D eigenvalue weighted by atomic mass is 9.96. The lowest BCUT2D eigenvalue weighted by Crippen LogP contribution is -2.37. The van der Waals surface area contributed by atoms with Gasteiger partial charge in [-0.2, -0.15) is 0 Å². The van der Waals surface area contributed by atoms with Gasteiger partial charge in [0.1, 0.15) is 0 Å². The highest BCUT2D eigenvalue weighted by Gasteiger charge is 2.26. The smallest absolute Gasteiger partial charge is 0.309 e. The van der Waals surface area contributed by atoms with Crippen molar-refractivity contribution in [1.29, 1.82) is 0 Å². The van der Waals surface area contributed by atoms with E-state index < -0.39 is 0 Å². The van der Waals surface area contributed by atoms with Crippen LogP contribution in [-0.2, 0) is 14.3 Å². The van der Waals surface area contributed by atoms with Gasteiger partial charge in [0, 0.05) is 49.0 Å². The van der Waals surface area contributed by atoms with E-state index in [2.05, 4.69) is 56.8 Å². The number of anilines is 2. The highest BCUT2D eigenvalue weighted by atomic mass is 16.5. The minimum Gasteiger partial charge on any atom is -0.466 e. The van der Waals surface area contributed by atoms with Gasteiger partial charge in [0.05, 0.1) is 54.5 Å². The number of carbonyl (C=O) groups excluding carboxylic acids is 1. The van der Waals surface area contributed by atoms with Crippen LogP contribution in [0.25, 0.3) is 40.0 Å². The first-order valence-electron chi connectivity index (χ1n) is 15.4. The SMILES string of the molecule is CCOC(=O)C1CCN(c2ccc(-c3cnc(N4CCOCC4)c4nc(/C=C/c5ccc6ccccc6n5)cn34)cc2)CC1. The van der Waals surface area contributed by atoms with Gasteiger partial charge < -0.3 is 19.3 Å². The zero-order chi connectivity index (χ0) is 29.9. The van der Waals surface area contributed by atoms with Crippen LogP contribution in [0.2, 0.25) is 0 Å². The first-order valence-corrected chi connectivity index (χ1v) is 15.4. The molecule has 0 N–H and O–H groups in total. The predicted octanol–water partition coefficient (Wildman–Crippen LogP) is 5.73. The third kappa shape index (κ3) is 5.75. The van der Waals surface area contributed by atoms with Crippen LogP contribution < -0.4 is 9.80 Å². The summed E-state index contributed by atoms with van der Waals surface area (Å²) >= 11 is 0. The Bertz CT molecular complexity index is 1800. The molecule has 2 fully saturated rings. The van der Waals surface area contributed by atoms with Gasteiger partial charge in [-0.1, -0.05) is 36.4 Å². The van der Waals surface area contributed by atoms with Crippen molar-refractivity contribution in [3.8, 4) is 11.3 Å². The van der Waals surface area contributed by atoms with Crippen LogP contribution in [-0.4, -0.2) is 71.3 Å². The number of aromatic nitrogens is 4. The fourth-order valence-electron chi connectivity index (χ4n) is 6.10. The molecule has 2 aromatic carbocycles. The summed E-state index contributed by atoms with van der Waals surface area (Å²) in [5.41, 5.74) is 6.70. The molecule has 5 aromatic rings. The van der Waals surface area contributed by atoms with Gasteiger partial charge in [0.25, 0.3) is 0 Å². The molecule has 44 heavy (non-hydrogen) atoms. The standard InChI is InChI=1S/C35H36N6O3/c1-2-44-35(42)27-15-17-39(18-16-27)30-13-8-26(9-14-30)32-23-36-33(40-19-21-43-22-20-40)34-38-29(24-41(32)34)12-11-28-10-7-25-5-3-4-6-31(25)37-28/h3-14,23-24,27H,2,15-22H2,1H3/b12-11+. The van der Waals surface area contributed by atoms with E-state index in [1.807, 2.05) is 49.5 Å². The molecule has 0 radical (unpaired) electrons. The molecule has 0 unspecified atom stereocenters. The molecule has 224 valence electrons. The van der Waals surface area contributed by atoms with Crippen molar-refractivity contribution in [3.63, 3.8) is 0 Å².